The number of aromatic carboxylic acids is 1. The van der Waals surface area contributed by atoms with Crippen molar-refractivity contribution in [3.63, 3.8) is 0 Å². The largest absolute Gasteiger partial charge is 0.478 e. The van der Waals surface area contributed by atoms with E-state index in [0.717, 1.165) is 10.0 Å². The SMILES string of the molecule is Cc1cc(Oc2ccccc2C(=O)O)ccc1Br. The fourth-order valence-electron chi connectivity index (χ4n) is 1.54. The van der Waals surface area contributed by atoms with Crippen LogP contribution in [0.25, 0.3) is 0 Å². The summed E-state index contributed by atoms with van der Waals surface area (Å²) in [5.41, 5.74) is 1.18. The van der Waals surface area contributed by atoms with Crippen LogP contribution in [0.1, 0.15) is 15.9 Å². The first-order valence-corrected chi connectivity index (χ1v) is 6.13. The predicted octanol–water partition coefficient (Wildman–Crippen LogP) is 4.25. The molecule has 0 aliphatic rings. The summed E-state index contributed by atoms with van der Waals surface area (Å²) in [6.45, 7) is 1.94. The van der Waals surface area contributed by atoms with E-state index >= 15 is 0 Å². The van der Waals surface area contributed by atoms with Gasteiger partial charge in [0.1, 0.15) is 17.1 Å². The Labute approximate surface area is 113 Å². The Morgan fingerprint density at radius 1 is 1.22 bits per heavy atom. The maximum atomic E-state index is 11.0. The van der Waals surface area contributed by atoms with Crippen molar-refractivity contribution in [2.75, 3.05) is 0 Å². The topological polar surface area (TPSA) is 46.5 Å². The Kier molecular flexibility index (Phi) is 3.67. The van der Waals surface area contributed by atoms with Gasteiger partial charge in [-0.15, -0.1) is 0 Å². The molecule has 4 heteroatoms. The molecule has 2 rings (SSSR count). The van der Waals surface area contributed by atoms with Crippen LogP contribution in [0, 0.1) is 6.92 Å². The molecule has 2 aromatic rings. The highest BCUT2D eigenvalue weighted by atomic mass is 79.9. The van der Waals surface area contributed by atoms with Gasteiger partial charge in [0.15, 0.2) is 0 Å². The quantitative estimate of drug-likeness (QED) is 0.922. The maximum absolute atomic E-state index is 11.0. The van der Waals surface area contributed by atoms with Crippen molar-refractivity contribution in [2.24, 2.45) is 0 Å². The van der Waals surface area contributed by atoms with Gasteiger partial charge in [-0.3, -0.25) is 0 Å². The summed E-state index contributed by atoms with van der Waals surface area (Å²) in [4.78, 5) is 11.0. The summed E-state index contributed by atoms with van der Waals surface area (Å²) in [6.07, 6.45) is 0. The lowest BCUT2D eigenvalue weighted by atomic mass is 10.2. The number of para-hydroxylation sites is 1. The number of hydrogen-bond donors (Lipinski definition) is 1. The van der Waals surface area contributed by atoms with E-state index in [1.54, 1.807) is 24.3 Å². The average molecular weight is 307 g/mol. The van der Waals surface area contributed by atoms with Crippen LogP contribution in [-0.4, -0.2) is 11.1 Å². The molecule has 0 atom stereocenters. The van der Waals surface area contributed by atoms with Crippen molar-refractivity contribution >= 4 is 21.9 Å². The molecule has 0 amide bonds. The van der Waals surface area contributed by atoms with Gasteiger partial charge >= 0.3 is 5.97 Å². The second kappa shape index (κ2) is 5.23. The van der Waals surface area contributed by atoms with Crippen LogP contribution in [0.15, 0.2) is 46.9 Å². The molecule has 18 heavy (non-hydrogen) atoms. The van der Waals surface area contributed by atoms with Gasteiger partial charge in [0, 0.05) is 4.47 Å². The molecular weight excluding hydrogens is 296 g/mol. The van der Waals surface area contributed by atoms with E-state index in [1.807, 2.05) is 19.1 Å². The Morgan fingerprint density at radius 2 is 1.94 bits per heavy atom. The maximum Gasteiger partial charge on any atom is 0.339 e. The predicted molar refractivity (Wildman–Crippen MR) is 72.4 cm³/mol. The van der Waals surface area contributed by atoms with Crippen LogP contribution in [0.5, 0.6) is 11.5 Å². The van der Waals surface area contributed by atoms with Crippen molar-refractivity contribution in [1.82, 2.24) is 0 Å². The summed E-state index contributed by atoms with van der Waals surface area (Å²) < 4.78 is 6.59. The van der Waals surface area contributed by atoms with Crippen molar-refractivity contribution in [3.05, 3.63) is 58.1 Å². The number of hydrogen-bond acceptors (Lipinski definition) is 2. The molecule has 0 bridgehead atoms. The van der Waals surface area contributed by atoms with Crippen molar-refractivity contribution in [2.45, 2.75) is 6.92 Å². The fourth-order valence-corrected chi connectivity index (χ4v) is 1.79. The number of carboxylic acids is 1. The summed E-state index contributed by atoms with van der Waals surface area (Å²) in [6, 6.07) is 12.1. The molecule has 0 saturated carbocycles. The van der Waals surface area contributed by atoms with E-state index in [1.165, 1.54) is 6.07 Å². The standard InChI is InChI=1S/C14H11BrO3/c1-9-8-10(6-7-12(9)15)18-13-5-3-2-4-11(13)14(16)17/h2-8H,1H3,(H,16,17). The van der Waals surface area contributed by atoms with Crippen LogP contribution < -0.4 is 4.74 Å². The molecule has 0 aliphatic heterocycles. The molecule has 0 fully saturated rings. The smallest absolute Gasteiger partial charge is 0.339 e. The minimum Gasteiger partial charge on any atom is -0.478 e. The highest BCUT2D eigenvalue weighted by Crippen LogP contribution is 2.28. The van der Waals surface area contributed by atoms with Gasteiger partial charge in [0.2, 0.25) is 0 Å². The van der Waals surface area contributed by atoms with Gasteiger partial charge in [0.05, 0.1) is 0 Å². The van der Waals surface area contributed by atoms with Crippen molar-refractivity contribution in [3.8, 4) is 11.5 Å². The highest BCUT2D eigenvalue weighted by molar-refractivity contribution is 9.10. The third kappa shape index (κ3) is 2.71. The van der Waals surface area contributed by atoms with Gasteiger partial charge in [-0.05, 0) is 42.8 Å². The minimum atomic E-state index is -1.00. The number of benzene rings is 2. The summed E-state index contributed by atoms with van der Waals surface area (Å²) >= 11 is 3.40. The molecule has 3 nitrogen and oxygen atoms in total. The normalized spacial score (nSPS) is 10.1. The molecule has 0 saturated heterocycles. The monoisotopic (exact) mass is 306 g/mol. The Morgan fingerprint density at radius 3 is 2.61 bits per heavy atom. The summed E-state index contributed by atoms with van der Waals surface area (Å²) in [5.74, 6) is -0.0458. The molecule has 0 aromatic heterocycles. The Hall–Kier alpha value is -1.81. The van der Waals surface area contributed by atoms with Crippen LogP contribution >= 0.6 is 15.9 Å². The first-order chi connectivity index (χ1) is 8.58. The number of carboxylic acid groups (broad SMARTS) is 1. The molecule has 0 aliphatic carbocycles. The van der Waals surface area contributed by atoms with Crippen molar-refractivity contribution < 1.29 is 14.6 Å². The molecule has 1 N–H and O–H groups in total. The zero-order chi connectivity index (χ0) is 13.1. The number of halogens is 1. The first-order valence-electron chi connectivity index (χ1n) is 5.34. The number of rotatable bonds is 3. The van der Waals surface area contributed by atoms with E-state index in [9.17, 15) is 4.79 Å². The van der Waals surface area contributed by atoms with Crippen LogP contribution in [0.4, 0.5) is 0 Å². The Balaban J connectivity index is 2.34. The molecule has 0 heterocycles. The van der Waals surface area contributed by atoms with Gasteiger partial charge in [-0.2, -0.15) is 0 Å². The molecule has 0 spiro atoms. The zero-order valence-electron chi connectivity index (χ0n) is 9.68. The van der Waals surface area contributed by atoms with E-state index in [-0.39, 0.29) is 5.56 Å². The number of ether oxygens (including phenoxy) is 1. The zero-order valence-corrected chi connectivity index (χ0v) is 11.3. The minimum absolute atomic E-state index is 0.151. The molecule has 92 valence electrons. The van der Waals surface area contributed by atoms with Gasteiger partial charge in [-0.25, -0.2) is 4.79 Å². The summed E-state index contributed by atoms with van der Waals surface area (Å²) in [5, 5.41) is 9.05. The van der Waals surface area contributed by atoms with Crippen LogP contribution in [0.3, 0.4) is 0 Å². The highest BCUT2D eigenvalue weighted by Gasteiger charge is 2.11. The lowest BCUT2D eigenvalue weighted by Gasteiger charge is -2.09. The third-order valence-electron chi connectivity index (χ3n) is 2.47. The molecule has 2 aromatic carbocycles. The van der Waals surface area contributed by atoms with Gasteiger partial charge < -0.3 is 9.84 Å². The third-order valence-corrected chi connectivity index (χ3v) is 3.36. The lowest BCUT2D eigenvalue weighted by molar-refractivity contribution is 0.0694. The Bertz CT molecular complexity index is 593. The number of aryl methyl sites for hydroxylation is 1. The van der Waals surface area contributed by atoms with E-state index in [2.05, 4.69) is 15.9 Å². The van der Waals surface area contributed by atoms with E-state index < -0.39 is 5.97 Å². The summed E-state index contributed by atoms with van der Waals surface area (Å²) in [7, 11) is 0. The lowest BCUT2D eigenvalue weighted by Crippen LogP contribution is -1.99. The molecule has 0 radical (unpaired) electrons. The van der Waals surface area contributed by atoms with Gasteiger partial charge in [0.25, 0.3) is 0 Å². The van der Waals surface area contributed by atoms with Crippen LogP contribution in [-0.2, 0) is 0 Å². The van der Waals surface area contributed by atoms with Gasteiger partial charge in [-0.1, -0.05) is 28.1 Å². The molecule has 0 unspecified atom stereocenters. The molecular formula is C14H11BrO3. The van der Waals surface area contributed by atoms with Crippen LogP contribution in [0.2, 0.25) is 0 Å². The van der Waals surface area contributed by atoms with E-state index in [4.69, 9.17) is 9.84 Å². The second-order valence-corrected chi connectivity index (χ2v) is 4.67. The first kappa shape index (κ1) is 12.6. The second-order valence-electron chi connectivity index (χ2n) is 3.81. The number of carbonyl (C=O) groups is 1. The fraction of sp³-hybridized carbons (Fsp3) is 0.0714. The average Bonchev–Trinajstić information content (AvgIpc) is 2.34. The van der Waals surface area contributed by atoms with Crippen molar-refractivity contribution in [1.29, 1.82) is 0 Å². The van der Waals surface area contributed by atoms with E-state index in [0.29, 0.717) is 11.5 Å².